The van der Waals surface area contributed by atoms with E-state index in [0.29, 0.717) is 33.3 Å². The number of carboxylic acid groups (broad SMARTS) is 1. The van der Waals surface area contributed by atoms with Crippen LogP contribution in [0.5, 0.6) is 5.88 Å². The number of alkyl halides is 2. The van der Waals surface area contributed by atoms with E-state index in [2.05, 4.69) is 20.2 Å². The lowest BCUT2D eigenvalue weighted by Crippen LogP contribution is -2.38. The predicted octanol–water partition coefficient (Wildman–Crippen LogP) is 6.00. The van der Waals surface area contributed by atoms with Crippen molar-refractivity contribution in [1.29, 1.82) is 0 Å². The molecule has 4 atom stereocenters. The molecule has 4 heterocycles. The van der Waals surface area contributed by atoms with E-state index in [1.165, 1.54) is 14.1 Å². The highest BCUT2D eigenvalue weighted by Crippen LogP contribution is 2.55. The number of aliphatic carboxylic acids is 1. The summed E-state index contributed by atoms with van der Waals surface area (Å²) in [6.07, 6.45) is -1.40. The third kappa shape index (κ3) is 5.34. The van der Waals surface area contributed by atoms with Crippen LogP contribution < -0.4 is 21.3 Å². The third-order valence-corrected chi connectivity index (χ3v) is 11.4. The molecule has 3 aliphatic rings. The number of methoxy groups -OCH3 is 1. The Balaban J connectivity index is 1.15. The number of aryl methyl sites for hydroxylation is 2. The molecular weight excluding hydrogens is 719 g/mol. The molecule has 0 radical (unpaired) electrons. The Morgan fingerprint density at radius 3 is 2.33 bits per heavy atom. The standard InChI is InChI=1S/C36H31Cl2F2N7O5/c1-45-32-26(34(48)46(2)36(45)51)30(43-31(44-32)29(39)40)41-21-9-5-7-17(28(21)38)16-6-4-8-18(27(16)37)22-12-15-10-11-23(24(15)33(42-22)52-3)47-13-19-20(14-47)25(19)35(49)50/h4-9,12,19-20,23,25,29H,10-11,13-14H2,1-3H3,(H,49,50)(H,41,43,44)/t19-,20+,23-,25?/m1/s1. The smallest absolute Gasteiger partial charge is 0.332 e. The molecule has 1 saturated carbocycles. The van der Waals surface area contributed by atoms with Crippen molar-refractivity contribution in [2.75, 3.05) is 25.5 Å². The Bertz CT molecular complexity index is 2440. The fourth-order valence-corrected chi connectivity index (χ4v) is 8.59. The van der Waals surface area contributed by atoms with Crippen LogP contribution in [-0.2, 0) is 25.3 Å². The van der Waals surface area contributed by atoms with Gasteiger partial charge in [-0.1, -0.05) is 53.5 Å². The Morgan fingerprint density at radius 1 is 0.981 bits per heavy atom. The second-order valence-electron chi connectivity index (χ2n) is 13.4. The Morgan fingerprint density at radius 2 is 1.65 bits per heavy atom. The molecule has 2 aromatic carbocycles. The monoisotopic (exact) mass is 749 g/mol. The third-order valence-electron chi connectivity index (χ3n) is 10.6. The van der Waals surface area contributed by atoms with E-state index in [-0.39, 0.29) is 51.4 Å². The molecule has 2 aliphatic carbocycles. The molecule has 1 saturated heterocycles. The lowest BCUT2D eigenvalue weighted by molar-refractivity contribution is -0.139. The molecule has 0 spiro atoms. The summed E-state index contributed by atoms with van der Waals surface area (Å²) >= 11 is 14.1. The van der Waals surface area contributed by atoms with E-state index >= 15 is 0 Å². The second kappa shape index (κ2) is 12.6. The van der Waals surface area contributed by atoms with Crippen molar-refractivity contribution in [3.63, 3.8) is 0 Å². The molecular formula is C36H31Cl2F2N7O5. The van der Waals surface area contributed by atoms with Crippen LogP contribution in [0.4, 0.5) is 20.3 Å². The summed E-state index contributed by atoms with van der Waals surface area (Å²) in [5.74, 6) is -1.17. The molecule has 1 aliphatic heterocycles. The van der Waals surface area contributed by atoms with Crippen LogP contribution in [0.2, 0.25) is 10.0 Å². The normalized spacial score (nSPS) is 20.7. The summed E-state index contributed by atoms with van der Waals surface area (Å²) in [5.41, 5.74) is 2.93. The summed E-state index contributed by atoms with van der Waals surface area (Å²) in [5, 5.41) is 12.8. The van der Waals surface area contributed by atoms with Gasteiger partial charge in [0.1, 0.15) is 11.2 Å². The number of piperidine rings is 1. The van der Waals surface area contributed by atoms with Crippen molar-refractivity contribution in [2.45, 2.75) is 25.3 Å². The highest BCUT2D eigenvalue weighted by molar-refractivity contribution is 6.39. The number of nitrogens with one attached hydrogen (secondary N) is 1. The minimum absolute atomic E-state index is 0.0958. The van der Waals surface area contributed by atoms with Crippen molar-refractivity contribution in [1.82, 2.24) is 29.0 Å². The maximum atomic E-state index is 13.9. The SMILES string of the molecule is COc1nc(-c2cccc(-c3cccc(Nc4nc(C(F)F)nc5c4c(=O)n(C)c(=O)n5C)c3Cl)c2Cl)cc2c1[C@H](N1C[C@@H]3C(C(=O)O)[C@@H]3C1)CC2. The molecule has 0 amide bonds. The average molecular weight is 751 g/mol. The van der Waals surface area contributed by atoms with Crippen LogP contribution in [0.3, 0.4) is 0 Å². The van der Waals surface area contributed by atoms with Gasteiger partial charge in [0.25, 0.3) is 12.0 Å². The molecule has 52 heavy (non-hydrogen) atoms. The van der Waals surface area contributed by atoms with Gasteiger partial charge in [-0.2, -0.15) is 0 Å². The first kappa shape index (κ1) is 34.2. The zero-order chi connectivity index (χ0) is 36.7. The zero-order valence-corrected chi connectivity index (χ0v) is 29.5. The average Bonchev–Trinajstić information content (AvgIpc) is 3.40. The number of fused-ring (bicyclic) bond motifs is 3. The highest BCUT2D eigenvalue weighted by Gasteiger charge is 2.60. The Hall–Kier alpha value is -4.92. The van der Waals surface area contributed by atoms with E-state index in [9.17, 15) is 28.3 Å². The number of likely N-dealkylation sites (tertiary alicyclic amines) is 1. The molecule has 12 nitrogen and oxygen atoms in total. The number of hydrogen-bond acceptors (Lipinski definition) is 9. The van der Waals surface area contributed by atoms with Crippen molar-refractivity contribution in [3.05, 3.63) is 90.3 Å². The predicted molar refractivity (Wildman–Crippen MR) is 191 cm³/mol. The number of anilines is 2. The Labute approximate surface area is 304 Å². The topological polar surface area (TPSA) is 144 Å². The van der Waals surface area contributed by atoms with Gasteiger partial charge < -0.3 is 15.2 Å². The summed E-state index contributed by atoms with van der Waals surface area (Å²) in [4.78, 5) is 52.3. The molecule has 2 fully saturated rings. The number of carbonyl (C=O) groups is 1. The van der Waals surface area contributed by atoms with Crippen molar-refractivity contribution in [3.8, 4) is 28.3 Å². The maximum Gasteiger partial charge on any atom is 0.332 e. The fraction of sp³-hybridized carbons (Fsp3) is 0.333. The van der Waals surface area contributed by atoms with Gasteiger partial charge in [-0.25, -0.2) is 28.5 Å². The van der Waals surface area contributed by atoms with Crippen LogP contribution >= 0.6 is 23.2 Å². The van der Waals surface area contributed by atoms with Crippen LogP contribution in [-0.4, -0.2) is 60.3 Å². The van der Waals surface area contributed by atoms with Gasteiger partial charge in [0.2, 0.25) is 5.88 Å². The van der Waals surface area contributed by atoms with E-state index in [0.717, 1.165) is 46.2 Å². The zero-order valence-electron chi connectivity index (χ0n) is 28.0. The number of hydrogen-bond donors (Lipinski definition) is 2. The molecule has 268 valence electrons. The summed E-state index contributed by atoms with van der Waals surface area (Å²) in [6.45, 7) is 1.49. The lowest BCUT2D eigenvalue weighted by atomic mass is 9.99. The first-order chi connectivity index (χ1) is 24.9. The molecule has 0 bridgehead atoms. The quantitative estimate of drug-likeness (QED) is 0.194. The van der Waals surface area contributed by atoms with Crippen LogP contribution in [0.1, 0.15) is 35.8 Å². The summed E-state index contributed by atoms with van der Waals surface area (Å²) in [7, 11) is 4.19. The van der Waals surface area contributed by atoms with Gasteiger partial charge in [-0.05, 0) is 42.4 Å². The summed E-state index contributed by atoms with van der Waals surface area (Å²) in [6, 6.07) is 12.6. The van der Waals surface area contributed by atoms with E-state index in [1.54, 1.807) is 31.4 Å². The van der Waals surface area contributed by atoms with Gasteiger partial charge in [0.15, 0.2) is 11.5 Å². The Kier molecular flexibility index (Phi) is 8.31. The number of carboxylic acids is 1. The van der Waals surface area contributed by atoms with Crippen molar-refractivity contribution < 1.29 is 23.4 Å². The number of benzene rings is 2. The van der Waals surface area contributed by atoms with Crippen LogP contribution in [0.25, 0.3) is 33.4 Å². The van der Waals surface area contributed by atoms with Gasteiger partial charge in [-0.3, -0.25) is 23.6 Å². The molecule has 5 aromatic rings. The summed E-state index contributed by atoms with van der Waals surface area (Å²) < 4.78 is 35.4. The lowest BCUT2D eigenvalue weighted by Gasteiger charge is -2.27. The molecule has 1 unspecified atom stereocenters. The maximum absolute atomic E-state index is 13.9. The minimum atomic E-state index is -3.08. The van der Waals surface area contributed by atoms with Crippen molar-refractivity contribution >= 4 is 51.7 Å². The van der Waals surface area contributed by atoms with Crippen LogP contribution in [0.15, 0.2) is 52.1 Å². The van der Waals surface area contributed by atoms with Gasteiger partial charge >= 0.3 is 11.7 Å². The second-order valence-corrected chi connectivity index (χ2v) is 14.1. The van der Waals surface area contributed by atoms with Gasteiger partial charge in [0.05, 0.1) is 34.5 Å². The molecule has 3 aromatic heterocycles. The van der Waals surface area contributed by atoms with E-state index < -0.39 is 29.5 Å². The number of rotatable bonds is 8. The van der Waals surface area contributed by atoms with Gasteiger partial charge in [-0.15, -0.1) is 0 Å². The number of halogens is 4. The first-order valence-corrected chi connectivity index (χ1v) is 17.3. The van der Waals surface area contributed by atoms with Crippen LogP contribution in [0, 0.1) is 17.8 Å². The first-order valence-electron chi connectivity index (χ1n) is 16.5. The largest absolute Gasteiger partial charge is 0.481 e. The number of aromatic nitrogens is 5. The molecule has 16 heteroatoms. The molecule has 2 N–H and O–H groups in total. The molecule has 8 rings (SSSR count). The number of ether oxygens (including phenoxy) is 1. The number of pyridine rings is 1. The fourth-order valence-electron chi connectivity index (χ4n) is 7.99. The van der Waals surface area contributed by atoms with E-state index in [4.69, 9.17) is 32.9 Å². The van der Waals surface area contributed by atoms with Gasteiger partial charge in [0, 0.05) is 55.5 Å². The number of nitrogens with zero attached hydrogens (tertiary/aromatic N) is 6. The van der Waals surface area contributed by atoms with Crippen molar-refractivity contribution in [2.24, 2.45) is 31.8 Å². The van der Waals surface area contributed by atoms with E-state index in [1.807, 2.05) is 18.2 Å². The highest BCUT2D eigenvalue weighted by atomic mass is 35.5. The minimum Gasteiger partial charge on any atom is -0.481 e.